The molecule has 2 amide bonds. The minimum absolute atomic E-state index is 0.0461. The summed E-state index contributed by atoms with van der Waals surface area (Å²) in [6.07, 6.45) is 2.11. The van der Waals surface area contributed by atoms with Crippen LogP contribution in [0.2, 0.25) is 0 Å². The number of hydrogen-bond acceptors (Lipinski definition) is 3. The minimum Gasteiger partial charge on any atom is -0.334 e. The zero-order valence-corrected chi connectivity index (χ0v) is 15.5. The molecule has 0 radical (unpaired) electrons. The van der Waals surface area contributed by atoms with Gasteiger partial charge in [-0.05, 0) is 43.5 Å². The van der Waals surface area contributed by atoms with E-state index >= 15 is 0 Å². The molecule has 2 aliphatic rings. The first kappa shape index (κ1) is 17.5. The minimum atomic E-state index is -0.736. The SMILES string of the molecule is CCC[C@@H]1N(C(=O)c2ccc(C)[nH]c2=O)CC[C@]12C(=O)Nc1ccccc12. The highest BCUT2D eigenvalue weighted by Gasteiger charge is 2.58. The molecule has 0 unspecified atom stereocenters. The summed E-state index contributed by atoms with van der Waals surface area (Å²) in [5.74, 6) is -0.348. The van der Waals surface area contributed by atoms with Crippen LogP contribution >= 0.6 is 0 Å². The number of aromatic nitrogens is 1. The van der Waals surface area contributed by atoms with E-state index in [4.69, 9.17) is 0 Å². The quantitative estimate of drug-likeness (QED) is 0.877. The van der Waals surface area contributed by atoms with E-state index in [1.807, 2.05) is 31.2 Å². The lowest BCUT2D eigenvalue weighted by molar-refractivity contribution is -0.121. The van der Waals surface area contributed by atoms with Crippen molar-refractivity contribution in [1.82, 2.24) is 9.88 Å². The van der Waals surface area contributed by atoms with E-state index in [0.29, 0.717) is 25.1 Å². The molecule has 2 N–H and O–H groups in total. The van der Waals surface area contributed by atoms with Gasteiger partial charge in [0.05, 0.1) is 11.5 Å². The number of H-pyrrole nitrogens is 1. The third kappa shape index (κ3) is 2.51. The van der Waals surface area contributed by atoms with Crippen LogP contribution in [0, 0.1) is 6.92 Å². The summed E-state index contributed by atoms with van der Waals surface area (Å²) in [5, 5.41) is 2.99. The van der Waals surface area contributed by atoms with Gasteiger partial charge in [-0.1, -0.05) is 31.5 Å². The third-order valence-electron chi connectivity index (χ3n) is 5.86. The first-order chi connectivity index (χ1) is 13.0. The molecule has 4 rings (SSSR count). The van der Waals surface area contributed by atoms with Gasteiger partial charge in [-0.2, -0.15) is 0 Å². The molecule has 0 saturated carbocycles. The number of benzene rings is 1. The Morgan fingerprint density at radius 2 is 2.00 bits per heavy atom. The fourth-order valence-corrected chi connectivity index (χ4v) is 4.62. The van der Waals surface area contributed by atoms with Crippen molar-refractivity contribution in [2.24, 2.45) is 0 Å². The molecule has 1 fully saturated rings. The van der Waals surface area contributed by atoms with Gasteiger partial charge in [0, 0.05) is 17.9 Å². The summed E-state index contributed by atoms with van der Waals surface area (Å²) in [4.78, 5) is 43.0. The number of hydrogen-bond donors (Lipinski definition) is 2. The van der Waals surface area contributed by atoms with Gasteiger partial charge in [-0.3, -0.25) is 14.4 Å². The maximum atomic E-state index is 13.2. The van der Waals surface area contributed by atoms with E-state index in [0.717, 1.165) is 17.7 Å². The van der Waals surface area contributed by atoms with Crippen LogP contribution in [0.3, 0.4) is 0 Å². The number of para-hydroxylation sites is 1. The molecule has 27 heavy (non-hydrogen) atoms. The molecule has 1 saturated heterocycles. The average Bonchev–Trinajstić information content (AvgIpc) is 3.15. The monoisotopic (exact) mass is 365 g/mol. The molecule has 0 aliphatic carbocycles. The Morgan fingerprint density at radius 1 is 1.22 bits per heavy atom. The molecule has 1 aromatic carbocycles. The van der Waals surface area contributed by atoms with Crippen LogP contribution in [0.15, 0.2) is 41.2 Å². The van der Waals surface area contributed by atoms with E-state index in [1.165, 1.54) is 0 Å². The Kier molecular flexibility index (Phi) is 4.13. The van der Waals surface area contributed by atoms with Gasteiger partial charge in [0.15, 0.2) is 0 Å². The highest BCUT2D eigenvalue weighted by Crippen LogP contribution is 2.49. The Hall–Kier alpha value is -2.89. The van der Waals surface area contributed by atoms with Gasteiger partial charge < -0.3 is 15.2 Å². The van der Waals surface area contributed by atoms with E-state index in [9.17, 15) is 14.4 Å². The standard InChI is InChI=1S/C21H23N3O3/c1-3-6-17-21(15-7-4-5-8-16(15)23-20(21)27)11-12-24(17)19(26)14-10-9-13(2)22-18(14)25/h4-5,7-10,17H,3,6,11-12H2,1-2H3,(H,22,25)(H,23,27)/t17-,21+/m0/s1. The molecular weight excluding hydrogens is 342 g/mol. The fourth-order valence-electron chi connectivity index (χ4n) is 4.62. The zero-order valence-electron chi connectivity index (χ0n) is 15.5. The molecule has 2 atom stereocenters. The predicted molar refractivity (Wildman–Crippen MR) is 103 cm³/mol. The smallest absolute Gasteiger partial charge is 0.260 e. The van der Waals surface area contributed by atoms with Gasteiger partial charge in [0.2, 0.25) is 5.91 Å². The van der Waals surface area contributed by atoms with Crippen molar-refractivity contribution in [3.8, 4) is 0 Å². The molecule has 2 aliphatic heterocycles. The molecular formula is C21H23N3O3. The maximum absolute atomic E-state index is 13.2. The number of aromatic amines is 1. The highest BCUT2D eigenvalue weighted by molar-refractivity contribution is 6.08. The zero-order chi connectivity index (χ0) is 19.2. The molecule has 2 aromatic rings. The number of likely N-dealkylation sites (tertiary alicyclic amines) is 1. The van der Waals surface area contributed by atoms with E-state index < -0.39 is 5.41 Å². The van der Waals surface area contributed by atoms with Gasteiger partial charge in [-0.15, -0.1) is 0 Å². The summed E-state index contributed by atoms with van der Waals surface area (Å²) >= 11 is 0. The summed E-state index contributed by atoms with van der Waals surface area (Å²) < 4.78 is 0. The van der Waals surface area contributed by atoms with Crippen LogP contribution in [-0.2, 0) is 10.2 Å². The summed E-state index contributed by atoms with van der Waals surface area (Å²) in [5.41, 5.74) is 1.51. The van der Waals surface area contributed by atoms with Crippen LogP contribution in [0.1, 0.15) is 47.8 Å². The van der Waals surface area contributed by atoms with Crippen LogP contribution in [0.25, 0.3) is 0 Å². The lowest BCUT2D eigenvalue weighted by atomic mass is 9.73. The number of amides is 2. The Bertz CT molecular complexity index is 981. The van der Waals surface area contributed by atoms with Crippen molar-refractivity contribution in [3.05, 3.63) is 63.6 Å². The second-order valence-corrected chi connectivity index (χ2v) is 7.41. The molecule has 140 valence electrons. The Labute approximate surface area is 157 Å². The second-order valence-electron chi connectivity index (χ2n) is 7.41. The average molecular weight is 365 g/mol. The predicted octanol–water partition coefficient (Wildman–Crippen LogP) is 2.59. The number of pyridine rings is 1. The topological polar surface area (TPSA) is 82.3 Å². The molecule has 1 spiro atoms. The number of carbonyl (C=O) groups is 2. The van der Waals surface area contributed by atoms with Crippen molar-refractivity contribution in [1.29, 1.82) is 0 Å². The van der Waals surface area contributed by atoms with Crippen molar-refractivity contribution in [2.45, 2.75) is 44.6 Å². The van der Waals surface area contributed by atoms with Crippen LogP contribution < -0.4 is 10.9 Å². The van der Waals surface area contributed by atoms with Crippen molar-refractivity contribution >= 4 is 17.5 Å². The van der Waals surface area contributed by atoms with Gasteiger partial charge >= 0.3 is 0 Å². The van der Waals surface area contributed by atoms with E-state index in [2.05, 4.69) is 10.3 Å². The molecule has 6 nitrogen and oxygen atoms in total. The first-order valence-electron chi connectivity index (χ1n) is 9.41. The number of nitrogens with zero attached hydrogens (tertiary/aromatic N) is 1. The third-order valence-corrected chi connectivity index (χ3v) is 5.86. The van der Waals surface area contributed by atoms with Gasteiger partial charge in [-0.25, -0.2) is 0 Å². The lowest BCUT2D eigenvalue weighted by Gasteiger charge is -2.33. The molecule has 1 aromatic heterocycles. The van der Waals surface area contributed by atoms with Crippen molar-refractivity contribution < 1.29 is 9.59 Å². The van der Waals surface area contributed by atoms with E-state index in [1.54, 1.807) is 24.0 Å². The lowest BCUT2D eigenvalue weighted by Crippen LogP contribution is -2.49. The summed E-state index contributed by atoms with van der Waals surface area (Å²) in [6.45, 7) is 4.28. The summed E-state index contributed by atoms with van der Waals surface area (Å²) in [7, 11) is 0. The number of anilines is 1. The molecule has 3 heterocycles. The highest BCUT2D eigenvalue weighted by atomic mass is 16.2. The second kappa shape index (κ2) is 6.37. The van der Waals surface area contributed by atoms with E-state index in [-0.39, 0.29) is 29.0 Å². The number of aryl methyl sites for hydroxylation is 1. The molecule has 6 heteroatoms. The first-order valence-corrected chi connectivity index (χ1v) is 9.41. The number of carbonyl (C=O) groups excluding carboxylic acids is 2. The number of rotatable bonds is 3. The Balaban J connectivity index is 1.77. The fraction of sp³-hybridized carbons (Fsp3) is 0.381. The van der Waals surface area contributed by atoms with Crippen LogP contribution in [-0.4, -0.2) is 34.3 Å². The van der Waals surface area contributed by atoms with Crippen LogP contribution in [0.5, 0.6) is 0 Å². The largest absolute Gasteiger partial charge is 0.334 e. The Morgan fingerprint density at radius 3 is 2.74 bits per heavy atom. The number of fused-ring (bicyclic) bond motifs is 2. The van der Waals surface area contributed by atoms with Crippen LogP contribution in [0.4, 0.5) is 5.69 Å². The normalized spacial score (nSPS) is 23.6. The van der Waals surface area contributed by atoms with Crippen molar-refractivity contribution in [2.75, 3.05) is 11.9 Å². The molecule has 0 bridgehead atoms. The maximum Gasteiger partial charge on any atom is 0.260 e. The van der Waals surface area contributed by atoms with Gasteiger partial charge in [0.1, 0.15) is 5.56 Å². The number of nitrogens with one attached hydrogen (secondary N) is 2. The van der Waals surface area contributed by atoms with Crippen molar-refractivity contribution in [3.63, 3.8) is 0 Å². The summed E-state index contributed by atoms with van der Waals surface area (Å²) in [6, 6.07) is 10.7. The van der Waals surface area contributed by atoms with Gasteiger partial charge in [0.25, 0.3) is 11.5 Å².